The molecule has 0 bridgehead atoms. The molecule has 4 N–H and O–H groups in total. The molecule has 0 radical (unpaired) electrons. The second kappa shape index (κ2) is 3.88. The Hall–Kier alpha value is -2.76. The van der Waals surface area contributed by atoms with E-state index in [2.05, 4.69) is 23.0 Å². The normalized spacial score (nSPS) is 20.8. The average Bonchev–Trinajstić information content (AvgIpc) is 2.97. The van der Waals surface area contributed by atoms with Gasteiger partial charge in [0.25, 0.3) is 12.0 Å². The Bertz CT molecular complexity index is 877. The molecule has 1 atom stereocenters. The van der Waals surface area contributed by atoms with E-state index in [4.69, 9.17) is 20.3 Å². The van der Waals surface area contributed by atoms with Gasteiger partial charge < -0.3 is 20.3 Å². The van der Waals surface area contributed by atoms with Crippen molar-refractivity contribution in [1.29, 1.82) is 0 Å². The number of aromatic nitrogens is 2. The quantitative estimate of drug-likeness (QED) is 0.710. The Kier molecular flexibility index (Phi) is 2.22. The molecule has 2 aromatic heterocycles. The number of nitrogens with two attached hydrogens (primary N) is 2. The van der Waals surface area contributed by atoms with Gasteiger partial charge in [-0.1, -0.05) is 19.1 Å². The van der Waals surface area contributed by atoms with Crippen molar-refractivity contribution in [2.45, 2.75) is 18.8 Å². The van der Waals surface area contributed by atoms with Crippen LogP contribution in [0.3, 0.4) is 0 Å². The van der Waals surface area contributed by atoms with Gasteiger partial charge in [0.1, 0.15) is 5.52 Å². The Balaban J connectivity index is 1.80. The Morgan fingerprint density at radius 3 is 2.81 bits per heavy atom. The topological polar surface area (TPSA) is 104 Å². The smallest absolute Gasteiger partial charge is 0.292 e. The fourth-order valence-corrected chi connectivity index (χ4v) is 2.80. The predicted octanol–water partition coefficient (Wildman–Crippen LogP) is 2.51. The summed E-state index contributed by atoms with van der Waals surface area (Å²) >= 11 is 0. The third-order valence-corrected chi connectivity index (χ3v) is 3.94. The van der Waals surface area contributed by atoms with Gasteiger partial charge in [-0.05, 0) is 23.8 Å². The third kappa shape index (κ3) is 1.79. The minimum absolute atomic E-state index is 0.179. The zero-order chi connectivity index (χ0) is 14.6. The summed E-state index contributed by atoms with van der Waals surface area (Å²) in [6, 6.07) is 6.28. The lowest BCUT2D eigenvalue weighted by molar-refractivity contribution is 0.539. The summed E-state index contributed by atoms with van der Waals surface area (Å²) < 4.78 is 10.7. The molecule has 1 unspecified atom stereocenters. The molecule has 6 heteroatoms. The van der Waals surface area contributed by atoms with Crippen LogP contribution in [0.1, 0.15) is 23.9 Å². The first-order chi connectivity index (χ1) is 10.0. The molecule has 0 fully saturated rings. The van der Waals surface area contributed by atoms with Gasteiger partial charge in [-0.15, -0.1) is 0 Å². The van der Waals surface area contributed by atoms with Crippen molar-refractivity contribution >= 4 is 29.2 Å². The van der Waals surface area contributed by atoms with Crippen LogP contribution in [0.25, 0.3) is 17.2 Å². The van der Waals surface area contributed by atoms with E-state index in [0.29, 0.717) is 5.58 Å². The molecule has 106 valence electrons. The number of nitrogen functional groups attached to an aromatic ring is 2. The van der Waals surface area contributed by atoms with Gasteiger partial charge in [-0.25, -0.2) is 0 Å². The molecule has 2 heterocycles. The molecule has 0 spiro atoms. The molecule has 6 nitrogen and oxygen atoms in total. The molecule has 0 amide bonds. The molecular formula is C15H14N4O2. The van der Waals surface area contributed by atoms with E-state index >= 15 is 0 Å². The van der Waals surface area contributed by atoms with Crippen molar-refractivity contribution < 1.29 is 8.83 Å². The van der Waals surface area contributed by atoms with Crippen molar-refractivity contribution in [3.8, 4) is 0 Å². The first-order valence-corrected chi connectivity index (χ1v) is 6.64. The lowest BCUT2D eigenvalue weighted by atomic mass is 9.75. The highest BCUT2D eigenvalue weighted by atomic mass is 16.4. The first-order valence-electron chi connectivity index (χ1n) is 6.64. The number of allylic oxidation sites excluding steroid dienone is 1. The van der Waals surface area contributed by atoms with Crippen LogP contribution in [0.2, 0.25) is 0 Å². The van der Waals surface area contributed by atoms with Gasteiger partial charge in [0, 0.05) is 11.8 Å². The van der Waals surface area contributed by atoms with Crippen molar-refractivity contribution in [3.05, 3.63) is 41.3 Å². The molecule has 4 rings (SSSR count). The summed E-state index contributed by atoms with van der Waals surface area (Å²) in [5, 5.41) is 0. The number of hydrogen-bond donors (Lipinski definition) is 2. The van der Waals surface area contributed by atoms with E-state index in [9.17, 15) is 0 Å². The molecule has 0 aliphatic heterocycles. The average molecular weight is 282 g/mol. The SMILES string of the molecule is CC1(c2ccc3oc(N)nc3c2)C=Cc2oc(N)nc2C1. The van der Waals surface area contributed by atoms with Crippen molar-refractivity contribution in [1.82, 2.24) is 9.97 Å². The van der Waals surface area contributed by atoms with Crippen LogP contribution in [-0.2, 0) is 11.8 Å². The molecule has 1 aliphatic carbocycles. The summed E-state index contributed by atoms with van der Waals surface area (Å²) in [6.45, 7) is 2.14. The molecule has 3 aromatic rings. The molecule has 0 saturated heterocycles. The van der Waals surface area contributed by atoms with E-state index in [1.807, 2.05) is 24.3 Å². The van der Waals surface area contributed by atoms with Crippen LogP contribution < -0.4 is 11.5 Å². The van der Waals surface area contributed by atoms with Gasteiger partial charge in [-0.2, -0.15) is 9.97 Å². The number of anilines is 2. The molecule has 1 aliphatic rings. The number of hydrogen-bond acceptors (Lipinski definition) is 6. The Morgan fingerprint density at radius 2 is 1.95 bits per heavy atom. The van der Waals surface area contributed by atoms with Crippen molar-refractivity contribution in [3.63, 3.8) is 0 Å². The molecule has 1 aromatic carbocycles. The highest BCUT2D eigenvalue weighted by Gasteiger charge is 2.31. The maximum absolute atomic E-state index is 5.61. The Morgan fingerprint density at radius 1 is 1.14 bits per heavy atom. The standard InChI is InChI=1S/C15H14N4O2/c1-15(5-4-12-10(7-15)19-14(17)21-12)8-2-3-11-9(6-8)18-13(16)20-11/h2-6H,7H2,1H3,(H2,16,18)(H2,17,19). The van der Waals surface area contributed by atoms with Crippen LogP contribution in [0.15, 0.2) is 33.1 Å². The first kappa shape index (κ1) is 12.0. The highest BCUT2D eigenvalue weighted by Crippen LogP contribution is 2.37. The van der Waals surface area contributed by atoms with E-state index in [0.717, 1.165) is 29.0 Å². The number of benzene rings is 1. The van der Waals surface area contributed by atoms with Crippen LogP contribution in [0.5, 0.6) is 0 Å². The van der Waals surface area contributed by atoms with Gasteiger partial charge in [0.05, 0.1) is 5.69 Å². The summed E-state index contributed by atoms with van der Waals surface area (Å²) in [4.78, 5) is 8.43. The number of rotatable bonds is 1. The molecule has 21 heavy (non-hydrogen) atoms. The largest absolute Gasteiger partial charge is 0.424 e. The second-order valence-electron chi connectivity index (χ2n) is 5.53. The van der Waals surface area contributed by atoms with Gasteiger partial charge in [-0.3, -0.25) is 0 Å². The van der Waals surface area contributed by atoms with Crippen LogP contribution >= 0.6 is 0 Å². The van der Waals surface area contributed by atoms with E-state index in [1.165, 1.54) is 0 Å². The Labute approximate surface area is 120 Å². The minimum atomic E-state index is -0.196. The predicted molar refractivity (Wildman–Crippen MR) is 79.4 cm³/mol. The highest BCUT2D eigenvalue weighted by molar-refractivity contribution is 5.75. The lowest BCUT2D eigenvalue weighted by Crippen LogP contribution is -2.25. The lowest BCUT2D eigenvalue weighted by Gasteiger charge is -2.28. The summed E-state index contributed by atoms with van der Waals surface area (Å²) in [6.07, 6.45) is 4.74. The summed E-state index contributed by atoms with van der Waals surface area (Å²) in [5.41, 5.74) is 14.4. The zero-order valence-corrected chi connectivity index (χ0v) is 11.5. The summed E-state index contributed by atoms with van der Waals surface area (Å²) in [7, 11) is 0. The van der Waals surface area contributed by atoms with Crippen molar-refractivity contribution in [2.24, 2.45) is 0 Å². The van der Waals surface area contributed by atoms with E-state index < -0.39 is 0 Å². The number of oxazole rings is 2. The fourth-order valence-electron chi connectivity index (χ4n) is 2.80. The molecular weight excluding hydrogens is 268 g/mol. The van der Waals surface area contributed by atoms with E-state index in [1.54, 1.807) is 0 Å². The third-order valence-electron chi connectivity index (χ3n) is 3.94. The molecule has 0 saturated carbocycles. The number of fused-ring (bicyclic) bond motifs is 2. The van der Waals surface area contributed by atoms with E-state index in [-0.39, 0.29) is 17.4 Å². The summed E-state index contributed by atoms with van der Waals surface area (Å²) in [5.74, 6) is 0.733. The van der Waals surface area contributed by atoms with Crippen LogP contribution in [0, 0.1) is 0 Å². The van der Waals surface area contributed by atoms with Crippen molar-refractivity contribution in [2.75, 3.05) is 11.5 Å². The zero-order valence-electron chi connectivity index (χ0n) is 11.5. The van der Waals surface area contributed by atoms with Crippen LogP contribution in [0.4, 0.5) is 12.0 Å². The van der Waals surface area contributed by atoms with Gasteiger partial charge in [0.15, 0.2) is 11.3 Å². The monoisotopic (exact) mass is 282 g/mol. The second-order valence-corrected chi connectivity index (χ2v) is 5.53. The van der Waals surface area contributed by atoms with Gasteiger partial charge >= 0.3 is 0 Å². The maximum Gasteiger partial charge on any atom is 0.292 e. The fraction of sp³-hybridized carbons (Fsp3) is 0.200. The number of nitrogens with zero attached hydrogens (tertiary/aromatic N) is 2. The minimum Gasteiger partial charge on any atom is -0.424 e. The van der Waals surface area contributed by atoms with Gasteiger partial charge in [0.2, 0.25) is 0 Å². The maximum atomic E-state index is 5.61. The van der Waals surface area contributed by atoms with Crippen LogP contribution in [-0.4, -0.2) is 9.97 Å².